The number of hydrogen-bond acceptors (Lipinski definition) is 3. The van der Waals surface area contributed by atoms with Crippen LogP contribution in [0.4, 0.5) is 11.4 Å². The number of benzene rings is 2. The van der Waals surface area contributed by atoms with Gasteiger partial charge >= 0.3 is 0 Å². The first kappa shape index (κ1) is 16.3. The summed E-state index contributed by atoms with van der Waals surface area (Å²) in [6, 6.07) is 14.8. The highest BCUT2D eigenvalue weighted by atomic mass is 79.9. The smallest absolute Gasteiger partial charge is 0.291 e. The Morgan fingerprint density at radius 1 is 1.04 bits per heavy atom. The molecule has 0 bridgehead atoms. The maximum absolute atomic E-state index is 12.4. The van der Waals surface area contributed by atoms with Crippen LogP contribution in [0.5, 0.6) is 0 Å². The molecule has 24 heavy (non-hydrogen) atoms. The monoisotopic (exact) mass is 384 g/mol. The van der Waals surface area contributed by atoms with Crippen molar-refractivity contribution in [1.82, 2.24) is 0 Å². The van der Waals surface area contributed by atoms with Crippen LogP contribution in [0.25, 0.3) is 11.3 Å². The average molecular weight is 385 g/mol. The number of nitrogens with two attached hydrogens (primary N) is 1. The van der Waals surface area contributed by atoms with Gasteiger partial charge in [0, 0.05) is 21.4 Å². The van der Waals surface area contributed by atoms with Gasteiger partial charge in [-0.15, -0.1) is 0 Å². The number of rotatable bonds is 3. The molecule has 3 aromatic rings. The van der Waals surface area contributed by atoms with Crippen molar-refractivity contribution in [3.05, 3.63) is 69.9 Å². The zero-order chi connectivity index (χ0) is 17.3. The molecule has 0 saturated carbocycles. The van der Waals surface area contributed by atoms with Gasteiger partial charge in [0.25, 0.3) is 5.91 Å². The fourth-order valence-electron chi connectivity index (χ4n) is 2.47. The van der Waals surface area contributed by atoms with E-state index in [4.69, 9.17) is 10.2 Å². The van der Waals surface area contributed by atoms with Crippen molar-refractivity contribution < 1.29 is 9.21 Å². The molecule has 1 heterocycles. The number of anilines is 2. The Kier molecular flexibility index (Phi) is 4.44. The van der Waals surface area contributed by atoms with Gasteiger partial charge < -0.3 is 15.5 Å². The third kappa shape index (κ3) is 3.36. The van der Waals surface area contributed by atoms with Crippen LogP contribution in [0.3, 0.4) is 0 Å². The van der Waals surface area contributed by atoms with Crippen molar-refractivity contribution >= 4 is 33.2 Å². The first-order valence-corrected chi connectivity index (χ1v) is 8.27. The molecule has 0 aliphatic rings. The molecule has 2 aromatic carbocycles. The predicted octanol–water partition coefficient (Wildman–Crippen LogP) is 5.16. The predicted molar refractivity (Wildman–Crippen MR) is 100 cm³/mol. The molecular weight excluding hydrogens is 368 g/mol. The van der Waals surface area contributed by atoms with E-state index < -0.39 is 0 Å². The highest BCUT2D eigenvalue weighted by molar-refractivity contribution is 9.10. The lowest BCUT2D eigenvalue weighted by atomic mass is 10.1. The highest BCUT2D eigenvalue weighted by Gasteiger charge is 2.14. The Bertz CT molecular complexity index is 915. The zero-order valence-corrected chi connectivity index (χ0v) is 15.0. The fourth-order valence-corrected chi connectivity index (χ4v) is 2.94. The molecule has 122 valence electrons. The number of halogens is 1. The molecule has 0 radical (unpaired) electrons. The highest BCUT2D eigenvalue weighted by Crippen LogP contribution is 2.28. The van der Waals surface area contributed by atoms with Crippen molar-refractivity contribution in [2.24, 2.45) is 0 Å². The van der Waals surface area contributed by atoms with Crippen LogP contribution in [0.15, 0.2) is 57.4 Å². The van der Waals surface area contributed by atoms with Crippen LogP contribution in [-0.4, -0.2) is 5.91 Å². The van der Waals surface area contributed by atoms with Crippen LogP contribution in [0.1, 0.15) is 21.7 Å². The molecule has 3 N–H and O–H groups in total. The van der Waals surface area contributed by atoms with Crippen molar-refractivity contribution in [2.75, 3.05) is 11.1 Å². The summed E-state index contributed by atoms with van der Waals surface area (Å²) in [5.41, 5.74) is 10.0. The molecule has 0 fully saturated rings. The van der Waals surface area contributed by atoms with Gasteiger partial charge in [-0.05, 0) is 67.4 Å². The van der Waals surface area contributed by atoms with E-state index in [1.54, 1.807) is 24.3 Å². The molecule has 0 atom stereocenters. The van der Waals surface area contributed by atoms with Gasteiger partial charge in [-0.1, -0.05) is 22.0 Å². The minimum atomic E-state index is -0.301. The summed E-state index contributed by atoms with van der Waals surface area (Å²) in [4.78, 5) is 12.4. The standard InChI is InChI=1S/C19H17BrN2O2/c1-11-3-5-14(21)10-16(11)22-19(23)18-8-7-17(24-18)15-6-4-13(20)9-12(15)2/h3-10H,21H2,1-2H3,(H,22,23). The molecule has 4 nitrogen and oxygen atoms in total. The molecule has 0 aliphatic carbocycles. The SMILES string of the molecule is Cc1ccc(N)cc1NC(=O)c1ccc(-c2ccc(Br)cc2C)o1. The normalized spacial score (nSPS) is 10.6. The second-order valence-corrected chi connectivity index (χ2v) is 6.57. The van der Waals surface area contributed by atoms with Crippen LogP contribution >= 0.6 is 15.9 Å². The minimum Gasteiger partial charge on any atom is -0.451 e. The summed E-state index contributed by atoms with van der Waals surface area (Å²) in [5.74, 6) is 0.619. The van der Waals surface area contributed by atoms with Crippen LogP contribution < -0.4 is 11.1 Å². The van der Waals surface area contributed by atoms with Gasteiger partial charge in [0.2, 0.25) is 0 Å². The van der Waals surface area contributed by atoms with Gasteiger partial charge in [-0.2, -0.15) is 0 Å². The maximum Gasteiger partial charge on any atom is 0.291 e. The molecule has 0 saturated heterocycles. The number of furan rings is 1. The van der Waals surface area contributed by atoms with Crippen molar-refractivity contribution in [1.29, 1.82) is 0 Å². The number of hydrogen-bond donors (Lipinski definition) is 2. The largest absolute Gasteiger partial charge is 0.451 e. The first-order valence-electron chi connectivity index (χ1n) is 7.48. The first-order chi connectivity index (χ1) is 11.4. The molecule has 0 aliphatic heterocycles. The van der Waals surface area contributed by atoms with Gasteiger partial charge in [-0.25, -0.2) is 0 Å². The summed E-state index contributed by atoms with van der Waals surface area (Å²) < 4.78 is 6.74. The second kappa shape index (κ2) is 6.53. The van der Waals surface area contributed by atoms with Gasteiger partial charge in [0.05, 0.1) is 0 Å². The lowest BCUT2D eigenvalue weighted by molar-refractivity contribution is 0.0997. The van der Waals surface area contributed by atoms with E-state index in [0.29, 0.717) is 17.1 Å². The summed E-state index contributed by atoms with van der Waals surface area (Å²) >= 11 is 3.44. The van der Waals surface area contributed by atoms with E-state index in [1.807, 2.05) is 38.1 Å². The summed E-state index contributed by atoms with van der Waals surface area (Å²) in [6.45, 7) is 3.91. The Labute approximate surface area is 148 Å². The second-order valence-electron chi connectivity index (χ2n) is 5.65. The van der Waals surface area contributed by atoms with E-state index in [1.165, 1.54) is 0 Å². The van der Waals surface area contributed by atoms with Gasteiger partial charge in [0.1, 0.15) is 5.76 Å². The quantitative estimate of drug-likeness (QED) is 0.612. The van der Waals surface area contributed by atoms with Crippen molar-refractivity contribution in [3.63, 3.8) is 0 Å². The van der Waals surface area contributed by atoms with Crippen molar-refractivity contribution in [3.8, 4) is 11.3 Å². The molecule has 5 heteroatoms. The Morgan fingerprint density at radius 2 is 1.83 bits per heavy atom. The molecule has 1 aromatic heterocycles. The van der Waals surface area contributed by atoms with Crippen LogP contribution in [0, 0.1) is 13.8 Å². The third-order valence-electron chi connectivity index (χ3n) is 3.79. The van der Waals surface area contributed by atoms with E-state index in [0.717, 1.165) is 21.2 Å². The molecule has 1 amide bonds. The lowest BCUT2D eigenvalue weighted by Crippen LogP contribution is -2.12. The Balaban J connectivity index is 1.85. The number of carbonyl (C=O) groups is 1. The van der Waals surface area contributed by atoms with Crippen LogP contribution in [-0.2, 0) is 0 Å². The third-order valence-corrected chi connectivity index (χ3v) is 4.29. The average Bonchev–Trinajstić information content (AvgIpc) is 3.00. The van der Waals surface area contributed by atoms with Crippen LogP contribution in [0.2, 0.25) is 0 Å². The van der Waals surface area contributed by atoms with E-state index in [-0.39, 0.29) is 11.7 Å². The molecule has 0 unspecified atom stereocenters. The summed E-state index contributed by atoms with van der Waals surface area (Å²) in [7, 11) is 0. The molecule has 0 spiro atoms. The zero-order valence-electron chi connectivity index (χ0n) is 13.4. The van der Waals surface area contributed by atoms with Gasteiger partial charge in [-0.3, -0.25) is 4.79 Å². The fraction of sp³-hybridized carbons (Fsp3) is 0.105. The number of nitrogens with one attached hydrogen (secondary N) is 1. The number of amides is 1. The van der Waals surface area contributed by atoms with E-state index in [2.05, 4.69) is 21.2 Å². The number of nitrogen functional groups attached to an aromatic ring is 1. The van der Waals surface area contributed by atoms with Gasteiger partial charge in [0.15, 0.2) is 5.76 Å². The number of aryl methyl sites for hydroxylation is 2. The van der Waals surface area contributed by atoms with E-state index in [9.17, 15) is 4.79 Å². The van der Waals surface area contributed by atoms with E-state index >= 15 is 0 Å². The minimum absolute atomic E-state index is 0.258. The lowest BCUT2D eigenvalue weighted by Gasteiger charge is -2.08. The molecule has 3 rings (SSSR count). The summed E-state index contributed by atoms with van der Waals surface area (Å²) in [5, 5.41) is 2.84. The Hall–Kier alpha value is -2.53. The summed E-state index contributed by atoms with van der Waals surface area (Å²) in [6.07, 6.45) is 0. The molecular formula is C19H17BrN2O2. The van der Waals surface area contributed by atoms with Crippen molar-refractivity contribution in [2.45, 2.75) is 13.8 Å². The Morgan fingerprint density at radius 3 is 2.58 bits per heavy atom. The topological polar surface area (TPSA) is 68.3 Å². The number of carbonyl (C=O) groups excluding carboxylic acids is 1. The maximum atomic E-state index is 12.4.